The highest BCUT2D eigenvalue weighted by Gasteiger charge is 2.47. The maximum atomic E-state index is 11.7. The van der Waals surface area contributed by atoms with Gasteiger partial charge in [-0.05, 0) is 38.7 Å². The molecule has 10 heteroatoms. The molecule has 0 aromatic carbocycles. The van der Waals surface area contributed by atoms with E-state index in [-0.39, 0.29) is 17.4 Å². The van der Waals surface area contributed by atoms with Crippen LogP contribution in [0.15, 0.2) is 12.3 Å². The lowest BCUT2D eigenvalue weighted by Crippen LogP contribution is -2.44. The molecular weight excluding hydrogens is 418 g/mol. The molecular formula is C21H31N5O4S. The van der Waals surface area contributed by atoms with Crippen LogP contribution < -0.4 is 5.32 Å². The fourth-order valence-corrected chi connectivity index (χ4v) is 5.69. The molecule has 1 saturated heterocycles. The van der Waals surface area contributed by atoms with Crippen LogP contribution in [-0.4, -0.2) is 71.6 Å². The molecule has 1 aliphatic carbocycles. The van der Waals surface area contributed by atoms with Crippen molar-refractivity contribution in [1.82, 2.24) is 19.3 Å². The summed E-state index contributed by atoms with van der Waals surface area (Å²) in [6.07, 6.45) is 5.27. The first-order valence-electron chi connectivity index (χ1n) is 10.7. The fraction of sp³-hybridized carbons (Fsp3) is 0.667. The number of pyridine rings is 1. The first kappa shape index (κ1) is 22.3. The number of piperidine rings is 1. The maximum absolute atomic E-state index is 11.7. The summed E-state index contributed by atoms with van der Waals surface area (Å²) in [6, 6.07) is 2.11. The highest BCUT2D eigenvalue weighted by atomic mass is 32.2. The molecule has 3 heterocycles. The molecule has 2 N–H and O–H groups in total. The van der Waals surface area contributed by atoms with Crippen molar-refractivity contribution in [2.24, 2.45) is 5.41 Å². The van der Waals surface area contributed by atoms with E-state index in [1.165, 1.54) is 17.7 Å². The Balaban J connectivity index is 1.53. The molecule has 31 heavy (non-hydrogen) atoms. The summed E-state index contributed by atoms with van der Waals surface area (Å²) in [5.41, 5.74) is 2.41. The summed E-state index contributed by atoms with van der Waals surface area (Å²) in [7, 11) is -1.62. The predicted molar refractivity (Wildman–Crippen MR) is 118 cm³/mol. The van der Waals surface area contributed by atoms with Crippen LogP contribution in [0.2, 0.25) is 0 Å². The van der Waals surface area contributed by atoms with Crippen molar-refractivity contribution in [3.05, 3.63) is 23.7 Å². The summed E-state index contributed by atoms with van der Waals surface area (Å²) in [5, 5.41) is 14.5. The lowest BCUT2D eigenvalue weighted by atomic mass is 9.61. The highest BCUT2D eigenvalue weighted by molar-refractivity contribution is 7.88. The zero-order valence-electron chi connectivity index (χ0n) is 18.5. The predicted octanol–water partition coefficient (Wildman–Crippen LogP) is 2.02. The van der Waals surface area contributed by atoms with Crippen molar-refractivity contribution in [1.29, 1.82) is 0 Å². The first-order valence-corrected chi connectivity index (χ1v) is 12.5. The Labute approximate surface area is 183 Å². The quantitative estimate of drug-likeness (QED) is 0.643. The molecule has 0 bridgehead atoms. The van der Waals surface area contributed by atoms with Gasteiger partial charge >= 0.3 is 0 Å². The summed E-state index contributed by atoms with van der Waals surface area (Å²) in [5.74, 6) is 0.745. The van der Waals surface area contributed by atoms with Gasteiger partial charge in [-0.3, -0.25) is 4.98 Å². The second kappa shape index (κ2) is 8.23. The van der Waals surface area contributed by atoms with Gasteiger partial charge in [0.05, 0.1) is 17.5 Å². The Morgan fingerprint density at radius 3 is 2.58 bits per heavy atom. The number of aromatic nitrogens is 3. The SMILES string of the molecule is COC(O)C1(C)CC(c2nc(C)cc3cnc(NC4CCN(S(C)(=O)=O)CC4)nc23)C1. The minimum Gasteiger partial charge on any atom is -0.368 e. The molecule has 9 nitrogen and oxygen atoms in total. The monoisotopic (exact) mass is 449 g/mol. The molecule has 4 rings (SSSR count). The average Bonchev–Trinajstić information content (AvgIpc) is 2.70. The van der Waals surface area contributed by atoms with Crippen molar-refractivity contribution < 1.29 is 18.3 Å². The van der Waals surface area contributed by atoms with Crippen LogP contribution in [0.3, 0.4) is 0 Å². The summed E-state index contributed by atoms with van der Waals surface area (Å²) in [4.78, 5) is 14.1. The van der Waals surface area contributed by atoms with E-state index in [1.807, 2.05) is 26.1 Å². The second-order valence-electron chi connectivity index (χ2n) is 9.21. The third-order valence-corrected chi connectivity index (χ3v) is 7.91. The summed E-state index contributed by atoms with van der Waals surface area (Å²) >= 11 is 0. The normalized spacial score (nSPS) is 26.5. The standard InChI is InChI=1S/C21H31N5O4S/c1-13-9-14-12-22-20(24-16-5-7-26(8-6-16)31(4,28)29)25-17(14)18(23-13)15-10-21(2,11-15)19(27)30-3/h9,12,15-16,19,27H,5-8,10-11H2,1-4H3,(H,22,24,25). The van der Waals surface area contributed by atoms with E-state index >= 15 is 0 Å². The Morgan fingerprint density at radius 2 is 1.97 bits per heavy atom. The molecule has 2 aromatic rings. The van der Waals surface area contributed by atoms with E-state index in [0.29, 0.717) is 31.9 Å². The van der Waals surface area contributed by atoms with Gasteiger partial charge in [0.25, 0.3) is 0 Å². The number of sulfonamides is 1. The molecule has 1 aliphatic heterocycles. The smallest absolute Gasteiger partial charge is 0.223 e. The largest absolute Gasteiger partial charge is 0.368 e. The Hall–Kier alpha value is -1.88. The molecule has 0 radical (unpaired) electrons. The zero-order valence-corrected chi connectivity index (χ0v) is 19.3. The number of nitrogens with zero attached hydrogens (tertiary/aromatic N) is 4. The van der Waals surface area contributed by atoms with Gasteiger partial charge in [0, 0.05) is 54.9 Å². The maximum Gasteiger partial charge on any atom is 0.223 e. The Morgan fingerprint density at radius 1 is 1.29 bits per heavy atom. The molecule has 1 atom stereocenters. The van der Waals surface area contributed by atoms with Crippen molar-refractivity contribution in [3.8, 4) is 0 Å². The van der Waals surface area contributed by atoms with Gasteiger partial charge in [-0.2, -0.15) is 0 Å². The van der Waals surface area contributed by atoms with Crippen LogP contribution in [0.4, 0.5) is 5.95 Å². The van der Waals surface area contributed by atoms with Crippen molar-refractivity contribution in [3.63, 3.8) is 0 Å². The molecule has 0 amide bonds. The Bertz CT molecular complexity index is 1060. The minimum absolute atomic E-state index is 0.126. The third kappa shape index (κ3) is 4.52. The number of methoxy groups -OCH3 is 1. The van der Waals surface area contributed by atoms with Crippen molar-refractivity contribution in [2.45, 2.75) is 57.8 Å². The number of hydrogen-bond donors (Lipinski definition) is 2. The number of hydrogen-bond acceptors (Lipinski definition) is 8. The molecule has 2 fully saturated rings. The van der Waals surface area contributed by atoms with Crippen LogP contribution in [-0.2, 0) is 14.8 Å². The Kier molecular flexibility index (Phi) is 5.93. The molecule has 1 unspecified atom stereocenters. The van der Waals surface area contributed by atoms with Crippen molar-refractivity contribution in [2.75, 3.05) is 31.8 Å². The number of fused-ring (bicyclic) bond motifs is 1. The van der Waals surface area contributed by atoms with Gasteiger partial charge in [-0.25, -0.2) is 22.7 Å². The lowest BCUT2D eigenvalue weighted by molar-refractivity contribution is -0.184. The van der Waals surface area contributed by atoms with Gasteiger partial charge in [-0.15, -0.1) is 0 Å². The average molecular weight is 450 g/mol. The van der Waals surface area contributed by atoms with Crippen LogP contribution in [0, 0.1) is 12.3 Å². The van der Waals surface area contributed by atoms with Crippen molar-refractivity contribution >= 4 is 26.9 Å². The molecule has 2 aliphatic rings. The molecule has 1 saturated carbocycles. The van der Waals surface area contributed by atoms with Crippen LogP contribution in [0.5, 0.6) is 0 Å². The number of ether oxygens (including phenoxy) is 1. The molecule has 0 spiro atoms. The van der Waals surface area contributed by atoms with Crippen LogP contribution >= 0.6 is 0 Å². The van der Waals surface area contributed by atoms with E-state index in [9.17, 15) is 13.5 Å². The van der Waals surface area contributed by atoms with Crippen LogP contribution in [0.25, 0.3) is 10.9 Å². The van der Waals surface area contributed by atoms with E-state index in [1.54, 1.807) is 0 Å². The number of anilines is 1. The second-order valence-corrected chi connectivity index (χ2v) is 11.2. The number of rotatable bonds is 6. The highest BCUT2D eigenvalue weighted by Crippen LogP contribution is 2.53. The minimum atomic E-state index is -3.15. The van der Waals surface area contributed by atoms with Gasteiger partial charge < -0.3 is 15.2 Å². The van der Waals surface area contributed by atoms with E-state index in [4.69, 9.17) is 14.7 Å². The van der Waals surface area contributed by atoms with Gasteiger partial charge in [-0.1, -0.05) is 6.92 Å². The zero-order chi connectivity index (χ0) is 22.4. The van der Waals surface area contributed by atoms with E-state index in [2.05, 4.69) is 10.3 Å². The van der Waals surface area contributed by atoms with Gasteiger partial charge in [0.15, 0.2) is 6.29 Å². The summed E-state index contributed by atoms with van der Waals surface area (Å²) < 4.78 is 30.1. The fourth-order valence-electron chi connectivity index (χ4n) is 4.82. The lowest BCUT2D eigenvalue weighted by Gasteiger charge is -2.47. The number of nitrogens with one attached hydrogen (secondary N) is 1. The first-order chi connectivity index (χ1) is 14.6. The number of aryl methyl sites for hydroxylation is 1. The van der Waals surface area contributed by atoms with Crippen LogP contribution in [0.1, 0.15) is 49.9 Å². The number of aliphatic hydroxyl groups is 1. The topological polar surface area (TPSA) is 118 Å². The molecule has 170 valence electrons. The van der Waals surface area contributed by atoms with E-state index < -0.39 is 16.3 Å². The van der Waals surface area contributed by atoms with Gasteiger partial charge in [0.1, 0.15) is 0 Å². The number of aliphatic hydroxyl groups excluding tert-OH is 1. The van der Waals surface area contributed by atoms with E-state index in [0.717, 1.165) is 35.1 Å². The van der Waals surface area contributed by atoms with Gasteiger partial charge in [0.2, 0.25) is 16.0 Å². The summed E-state index contributed by atoms with van der Waals surface area (Å²) in [6.45, 7) is 4.99. The molecule has 2 aromatic heterocycles. The third-order valence-electron chi connectivity index (χ3n) is 6.61.